The van der Waals surface area contributed by atoms with Crippen molar-refractivity contribution in [2.24, 2.45) is 5.92 Å². The van der Waals surface area contributed by atoms with Crippen LogP contribution in [-0.2, 0) is 9.53 Å². The molecule has 0 radical (unpaired) electrons. The summed E-state index contributed by atoms with van der Waals surface area (Å²) in [5.41, 5.74) is 1.46. The Morgan fingerprint density at radius 2 is 1.80 bits per heavy atom. The van der Waals surface area contributed by atoms with Crippen molar-refractivity contribution < 1.29 is 19.1 Å². The van der Waals surface area contributed by atoms with Crippen molar-refractivity contribution in [2.45, 2.75) is 38.3 Å². The van der Waals surface area contributed by atoms with E-state index in [4.69, 9.17) is 9.47 Å². The third kappa shape index (κ3) is 6.07. The van der Waals surface area contributed by atoms with Gasteiger partial charge in [0.25, 0.3) is 0 Å². The number of nitrogens with one attached hydrogen (secondary N) is 2. The second kappa shape index (κ2) is 10.8. The minimum absolute atomic E-state index is 0.0225. The number of carbonyl (C=O) groups is 2. The number of amides is 1. The zero-order chi connectivity index (χ0) is 21.3. The lowest BCUT2D eigenvalue weighted by Crippen LogP contribution is -2.34. The Morgan fingerprint density at radius 1 is 1.07 bits per heavy atom. The molecule has 6 nitrogen and oxygen atoms in total. The minimum Gasteiger partial charge on any atom is -0.492 e. The summed E-state index contributed by atoms with van der Waals surface area (Å²) in [4.78, 5) is 24.2. The normalized spacial score (nSPS) is 19.1. The highest BCUT2D eigenvalue weighted by Crippen LogP contribution is 2.26. The van der Waals surface area contributed by atoms with E-state index in [2.05, 4.69) is 10.6 Å². The third-order valence-corrected chi connectivity index (χ3v) is 5.54. The van der Waals surface area contributed by atoms with Crippen LogP contribution < -0.4 is 15.4 Å². The van der Waals surface area contributed by atoms with Crippen LogP contribution in [0.1, 0.15) is 48.1 Å². The van der Waals surface area contributed by atoms with Gasteiger partial charge in [0, 0.05) is 18.5 Å². The average Bonchev–Trinajstić information content (AvgIpc) is 3.26. The van der Waals surface area contributed by atoms with Gasteiger partial charge in [-0.3, -0.25) is 4.79 Å². The second-order valence-electron chi connectivity index (χ2n) is 7.67. The van der Waals surface area contributed by atoms with Crippen LogP contribution in [0.25, 0.3) is 0 Å². The van der Waals surface area contributed by atoms with Gasteiger partial charge >= 0.3 is 5.97 Å². The van der Waals surface area contributed by atoms with Gasteiger partial charge in [0.1, 0.15) is 12.4 Å². The first-order valence-corrected chi connectivity index (χ1v) is 10.5. The molecular formula is C24H30N2O4. The fraction of sp³-hybridized carbons (Fsp3) is 0.417. The van der Waals surface area contributed by atoms with Gasteiger partial charge in [0.05, 0.1) is 18.7 Å². The van der Waals surface area contributed by atoms with Crippen LogP contribution in [0.3, 0.4) is 0 Å². The number of esters is 1. The molecule has 0 bridgehead atoms. The fourth-order valence-electron chi connectivity index (χ4n) is 3.79. The Hall–Kier alpha value is -2.86. The summed E-state index contributed by atoms with van der Waals surface area (Å²) in [5, 5.41) is 6.60. The molecule has 0 aromatic heterocycles. The molecule has 30 heavy (non-hydrogen) atoms. The highest BCUT2D eigenvalue weighted by Gasteiger charge is 2.30. The number of rotatable bonds is 9. The van der Waals surface area contributed by atoms with Crippen molar-refractivity contribution in [3.63, 3.8) is 0 Å². The van der Waals surface area contributed by atoms with Gasteiger partial charge in [0.2, 0.25) is 5.91 Å². The molecule has 3 unspecified atom stereocenters. The number of methoxy groups -OCH3 is 1. The van der Waals surface area contributed by atoms with E-state index in [9.17, 15) is 9.59 Å². The predicted octanol–water partition coefficient (Wildman–Crippen LogP) is 3.49. The molecule has 0 heterocycles. The SMILES string of the molecule is COC(=O)c1ccc(C(C)NC(=O)C2CCC(NCCOc3ccccc3)C2)cc1. The summed E-state index contributed by atoms with van der Waals surface area (Å²) in [6.07, 6.45) is 2.72. The first kappa shape index (κ1) is 21.8. The highest BCUT2D eigenvalue weighted by molar-refractivity contribution is 5.89. The van der Waals surface area contributed by atoms with E-state index in [0.717, 1.165) is 37.1 Å². The lowest BCUT2D eigenvalue weighted by Gasteiger charge is -2.18. The van der Waals surface area contributed by atoms with E-state index >= 15 is 0 Å². The van der Waals surface area contributed by atoms with E-state index in [0.29, 0.717) is 18.2 Å². The molecule has 1 saturated carbocycles. The quantitative estimate of drug-likeness (QED) is 0.489. The third-order valence-electron chi connectivity index (χ3n) is 5.54. The summed E-state index contributed by atoms with van der Waals surface area (Å²) in [6, 6.07) is 17.1. The van der Waals surface area contributed by atoms with Crippen LogP contribution in [0.2, 0.25) is 0 Å². The second-order valence-corrected chi connectivity index (χ2v) is 7.67. The molecule has 0 aliphatic heterocycles. The standard InChI is InChI=1S/C24H30N2O4/c1-17(18-8-10-19(11-9-18)24(28)29-2)26-23(27)20-12-13-21(16-20)25-14-15-30-22-6-4-3-5-7-22/h3-11,17,20-21,25H,12-16H2,1-2H3,(H,26,27). The van der Waals surface area contributed by atoms with Gasteiger partial charge in [-0.15, -0.1) is 0 Å². The van der Waals surface area contributed by atoms with Crippen LogP contribution in [-0.4, -0.2) is 38.2 Å². The summed E-state index contributed by atoms with van der Waals surface area (Å²) in [6.45, 7) is 3.32. The molecule has 1 aliphatic rings. The number of hydrogen-bond donors (Lipinski definition) is 2. The van der Waals surface area contributed by atoms with Gasteiger partial charge in [-0.05, 0) is 56.0 Å². The minimum atomic E-state index is -0.364. The number of carbonyl (C=O) groups excluding carboxylic acids is 2. The summed E-state index contributed by atoms with van der Waals surface area (Å²) < 4.78 is 10.4. The van der Waals surface area contributed by atoms with Crippen molar-refractivity contribution in [1.29, 1.82) is 0 Å². The zero-order valence-corrected chi connectivity index (χ0v) is 17.6. The molecule has 3 atom stereocenters. The molecular weight excluding hydrogens is 380 g/mol. The highest BCUT2D eigenvalue weighted by atomic mass is 16.5. The smallest absolute Gasteiger partial charge is 0.337 e. The molecule has 3 rings (SSSR count). The van der Waals surface area contributed by atoms with Crippen molar-refractivity contribution in [3.05, 3.63) is 65.7 Å². The lowest BCUT2D eigenvalue weighted by molar-refractivity contribution is -0.125. The van der Waals surface area contributed by atoms with Crippen LogP contribution >= 0.6 is 0 Å². The van der Waals surface area contributed by atoms with E-state index < -0.39 is 0 Å². The Morgan fingerprint density at radius 3 is 2.50 bits per heavy atom. The molecule has 1 fully saturated rings. The maximum Gasteiger partial charge on any atom is 0.337 e. The van der Waals surface area contributed by atoms with Crippen molar-refractivity contribution in [3.8, 4) is 5.75 Å². The van der Waals surface area contributed by atoms with Gasteiger partial charge in [-0.1, -0.05) is 30.3 Å². The van der Waals surface area contributed by atoms with Crippen LogP contribution in [0.5, 0.6) is 5.75 Å². The maximum absolute atomic E-state index is 12.7. The molecule has 0 spiro atoms. The average molecular weight is 411 g/mol. The molecule has 1 aliphatic carbocycles. The van der Waals surface area contributed by atoms with E-state index in [-0.39, 0.29) is 23.8 Å². The van der Waals surface area contributed by atoms with E-state index in [1.54, 1.807) is 12.1 Å². The monoisotopic (exact) mass is 410 g/mol. The van der Waals surface area contributed by atoms with Gasteiger partial charge in [0.15, 0.2) is 0 Å². The van der Waals surface area contributed by atoms with Gasteiger partial charge in [-0.2, -0.15) is 0 Å². The number of hydrogen-bond acceptors (Lipinski definition) is 5. The Balaban J connectivity index is 1.39. The fourth-order valence-corrected chi connectivity index (χ4v) is 3.79. The Labute approximate surface area is 178 Å². The molecule has 0 saturated heterocycles. The number of para-hydroxylation sites is 1. The summed E-state index contributed by atoms with van der Waals surface area (Å²) in [7, 11) is 1.36. The van der Waals surface area contributed by atoms with Gasteiger partial charge in [-0.25, -0.2) is 4.79 Å². The van der Waals surface area contributed by atoms with Gasteiger partial charge < -0.3 is 20.1 Å². The molecule has 2 aromatic rings. The summed E-state index contributed by atoms with van der Waals surface area (Å²) in [5.74, 6) is 0.618. The largest absolute Gasteiger partial charge is 0.492 e. The molecule has 160 valence electrons. The summed E-state index contributed by atoms with van der Waals surface area (Å²) >= 11 is 0. The topological polar surface area (TPSA) is 76.7 Å². The van der Waals surface area contributed by atoms with E-state index in [1.807, 2.05) is 49.4 Å². The molecule has 1 amide bonds. The van der Waals surface area contributed by atoms with Crippen molar-refractivity contribution in [1.82, 2.24) is 10.6 Å². The van der Waals surface area contributed by atoms with Crippen molar-refractivity contribution >= 4 is 11.9 Å². The Kier molecular flexibility index (Phi) is 7.85. The molecule has 2 aromatic carbocycles. The van der Waals surface area contributed by atoms with E-state index in [1.165, 1.54) is 7.11 Å². The van der Waals surface area contributed by atoms with Crippen molar-refractivity contribution in [2.75, 3.05) is 20.3 Å². The van der Waals surface area contributed by atoms with Crippen LogP contribution in [0.4, 0.5) is 0 Å². The lowest BCUT2D eigenvalue weighted by atomic mass is 10.0. The zero-order valence-electron chi connectivity index (χ0n) is 17.6. The molecule has 6 heteroatoms. The first-order chi connectivity index (χ1) is 14.6. The number of ether oxygens (including phenoxy) is 2. The Bertz CT molecular complexity index is 823. The predicted molar refractivity (Wildman–Crippen MR) is 115 cm³/mol. The van der Waals surface area contributed by atoms with Crippen LogP contribution in [0.15, 0.2) is 54.6 Å². The van der Waals surface area contributed by atoms with Crippen LogP contribution in [0, 0.1) is 5.92 Å². The molecule has 2 N–H and O–H groups in total. The maximum atomic E-state index is 12.7. The number of benzene rings is 2. The first-order valence-electron chi connectivity index (χ1n) is 10.5.